The molecule has 2 rings (SSSR count). The normalized spacial score (nSPS) is 26.1. The maximum Gasteiger partial charge on any atom is 0.250 e. The summed E-state index contributed by atoms with van der Waals surface area (Å²) in [5, 5.41) is 47.9. The minimum Gasteiger partial charge on any atom is -0.394 e. The van der Waals surface area contributed by atoms with Gasteiger partial charge in [-0.1, -0.05) is 6.08 Å². The van der Waals surface area contributed by atoms with Gasteiger partial charge >= 0.3 is 0 Å². The van der Waals surface area contributed by atoms with E-state index in [1.807, 2.05) is 0 Å². The highest BCUT2D eigenvalue weighted by molar-refractivity contribution is 6.09. The number of nitrogens with zero attached hydrogens (tertiary/aromatic N) is 3. The zero-order valence-electron chi connectivity index (χ0n) is 15.1. The summed E-state index contributed by atoms with van der Waals surface area (Å²) in [6, 6.07) is 0. The number of allylic oxidation sites excluding steroid dienone is 2. The summed E-state index contributed by atoms with van der Waals surface area (Å²) in [6.45, 7) is 0.421. The number of hydrogen-bond acceptors (Lipinski definition) is 8. The molecule has 2 aliphatic heterocycles. The number of carbonyl (C=O) groups is 2. The number of fused-ring (bicyclic) bond motifs is 1. The van der Waals surface area contributed by atoms with E-state index in [9.17, 15) is 30.0 Å². The zero-order chi connectivity index (χ0) is 20.4. The molecule has 2 heterocycles. The molecule has 150 valence electrons. The first-order valence-corrected chi connectivity index (χ1v) is 8.46. The summed E-state index contributed by atoms with van der Waals surface area (Å²) in [6.07, 6.45) is -0.314. The number of carbonyl (C=O) groups excluding carboxylic acids is 2. The summed E-state index contributed by atoms with van der Waals surface area (Å²) in [7, 11) is 1.39. The first-order valence-electron chi connectivity index (χ1n) is 8.46. The minimum absolute atomic E-state index is 0.164. The molecule has 0 aromatic rings. The van der Waals surface area contributed by atoms with Crippen LogP contribution >= 0.6 is 0 Å². The molecule has 0 aromatic heterocycles. The molecule has 10 heteroatoms. The molecule has 0 fully saturated rings. The third kappa shape index (κ3) is 4.25. The van der Waals surface area contributed by atoms with E-state index < -0.39 is 48.4 Å². The van der Waals surface area contributed by atoms with Gasteiger partial charge in [0.1, 0.15) is 35.8 Å². The monoisotopic (exact) mass is 383 g/mol. The van der Waals surface area contributed by atoms with Crippen LogP contribution < -0.4 is 0 Å². The second kappa shape index (κ2) is 8.28. The fourth-order valence-corrected chi connectivity index (χ4v) is 3.11. The van der Waals surface area contributed by atoms with Gasteiger partial charge < -0.3 is 35.3 Å². The Balaban J connectivity index is 2.12. The van der Waals surface area contributed by atoms with Gasteiger partial charge in [0.2, 0.25) is 5.91 Å². The number of amidine groups is 1. The van der Waals surface area contributed by atoms with Gasteiger partial charge in [0.05, 0.1) is 13.0 Å². The summed E-state index contributed by atoms with van der Waals surface area (Å²) in [5.74, 6) is -0.612. The van der Waals surface area contributed by atoms with Crippen molar-refractivity contribution in [2.75, 3.05) is 20.2 Å². The lowest BCUT2D eigenvalue weighted by Gasteiger charge is -2.43. The maximum atomic E-state index is 13.0. The average molecular weight is 383 g/mol. The summed E-state index contributed by atoms with van der Waals surface area (Å²) in [5.41, 5.74) is -1.27. The predicted octanol–water partition coefficient (Wildman–Crippen LogP) is -2.65. The lowest BCUT2D eigenvalue weighted by Crippen LogP contribution is -2.61. The van der Waals surface area contributed by atoms with Crippen LogP contribution in [0.1, 0.15) is 13.3 Å². The zero-order valence-corrected chi connectivity index (χ0v) is 15.1. The Hall–Kier alpha value is -2.11. The van der Waals surface area contributed by atoms with Crippen LogP contribution in [0.2, 0.25) is 0 Å². The molecule has 0 spiro atoms. The van der Waals surface area contributed by atoms with Gasteiger partial charge in [-0.2, -0.15) is 4.99 Å². The van der Waals surface area contributed by atoms with E-state index in [0.717, 1.165) is 4.90 Å². The largest absolute Gasteiger partial charge is 0.394 e. The number of rotatable bonds is 7. The predicted molar refractivity (Wildman–Crippen MR) is 94.3 cm³/mol. The third-order valence-corrected chi connectivity index (χ3v) is 4.70. The molecule has 5 unspecified atom stereocenters. The molecular weight excluding hydrogens is 358 g/mol. The molecule has 0 aromatic carbocycles. The number of hydrogen-bond donors (Lipinski definition) is 5. The highest BCUT2D eigenvalue weighted by atomic mass is 16.4. The number of likely N-dealkylation sites (N-methyl/N-ethyl adjacent to an activating group) is 1. The van der Waals surface area contributed by atoms with Crippen LogP contribution in [0.25, 0.3) is 0 Å². The van der Waals surface area contributed by atoms with Crippen LogP contribution in [-0.4, -0.2) is 103 Å². The number of aliphatic imine (C=N–C) groups is 1. The van der Waals surface area contributed by atoms with Gasteiger partial charge in [-0.3, -0.25) is 9.59 Å². The molecule has 5 atom stereocenters. The SMILES string of the molecule is CN(CC(O)C(O)C(O)C(O)CO)C(=O)C1(C)CC(=O)N=C2C=CC=CN21. The fraction of sp³-hybridized carbons (Fsp3) is 0.588. The number of aliphatic hydroxyl groups is 5. The first kappa shape index (κ1) is 21.2. The molecule has 10 nitrogen and oxygen atoms in total. The molecule has 27 heavy (non-hydrogen) atoms. The Kier molecular flexibility index (Phi) is 6.50. The van der Waals surface area contributed by atoms with Crippen molar-refractivity contribution in [3.8, 4) is 0 Å². The lowest BCUT2D eigenvalue weighted by molar-refractivity contribution is -0.148. The highest BCUT2D eigenvalue weighted by Crippen LogP contribution is 2.29. The van der Waals surface area contributed by atoms with E-state index in [4.69, 9.17) is 5.11 Å². The van der Waals surface area contributed by atoms with E-state index in [1.165, 1.54) is 7.05 Å². The summed E-state index contributed by atoms with van der Waals surface area (Å²) in [4.78, 5) is 31.6. The van der Waals surface area contributed by atoms with Crippen LogP contribution in [0.5, 0.6) is 0 Å². The van der Waals surface area contributed by atoms with E-state index >= 15 is 0 Å². The van der Waals surface area contributed by atoms with Gasteiger partial charge in [0.15, 0.2) is 0 Å². The molecule has 0 aliphatic carbocycles. The minimum atomic E-state index is -1.78. The van der Waals surface area contributed by atoms with Crippen LogP contribution in [-0.2, 0) is 9.59 Å². The number of aliphatic hydroxyl groups excluding tert-OH is 5. The Morgan fingerprint density at radius 2 is 1.89 bits per heavy atom. The van der Waals surface area contributed by atoms with Gasteiger partial charge in [0.25, 0.3) is 5.91 Å². The van der Waals surface area contributed by atoms with Crippen molar-refractivity contribution in [1.29, 1.82) is 0 Å². The molecule has 0 saturated heterocycles. The van der Waals surface area contributed by atoms with Crippen molar-refractivity contribution in [3.05, 3.63) is 24.4 Å². The Labute approximate surface area is 156 Å². The molecule has 2 amide bonds. The van der Waals surface area contributed by atoms with E-state index in [-0.39, 0.29) is 13.0 Å². The molecule has 5 N–H and O–H groups in total. The van der Waals surface area contributed by atoms with Gasteiger partial charge in [-0.05, 0) is 19.1 Å². The van der Waals surface area contributed by atoms with Crippen molar-refractivity contribution < 1.29 is 35.1 Å². The van der Waals surface area contributed by atoms with E-state index in [2.05, 4.69) is 4.99 Å². The highest BCUT2D eigenvalue weighted by Gasteiger charge is 2.47. The molecule has 2 aliphatic rings. The van der Waals surface area contributed by atoms with Crippen LogP contribution in [0, 0.1) is 0 Å². The van der Waals surface area contributed by atoms with Gasteiger partial charge in [0, 0.05) is 19.8 Å². The summed E-state index contributed by atoms with van der Waals surface area (Å²) >= 11 is 0. The van der Waals surface area contributed by atoms with Crippen molar-refractivity contribution in [2.24, 2.45) is 4.99 Å². The van der Waals surface area contributed by atoms with Gasteiger partial charge in [-0.15, -0.1) is 0 Å². The van der Waals surface area contributed by atoms with Gasteiger partial charge in [-0.25, -0.2) is 0 Å². The second-order valence-electron chi connectivity index (χ2n) is 6.87. The standard InChI is InChI=1S/C17H25N3O7/c1-17(7-13(24)18-12-5-3-4-6-20(12)17)16(27)19(2)8-10(22)14(25)15(26)11(23)9-21/h3-6,10-11,14-15,21-23,25-26H,7-9H2,1-2H3. The fourth-order valence-electron chi connectivity index (χ4n) is 3.11. The quantitative estimate of drug-likeness (QED) is 0.319. The molecular formula is C17H25N3O7. The van der Waals surface area contributed by atoms with Crippen molar-refractivity contribution in [2.45, 2.75) is 43.3 Å². The van der Waals surface area contributed by atoms with E-state index in [0.29, 0.717) is 5.84 Å². The Morgan fingerprint density at radius 3 is 2.52 bits per heavy atom. The third-order valence-electron chi connectivity index (χ3n) is 4.70. The second-order valence-corrected chi connectivity index (χ2v) is 6.87. The van der Waals surface area contributed by atoms with Crippen molar-refractivity contribution in [1.82, 2.24) is 9.80 Å². The average Bonchev–Trinajstić information content (AvgIpc) is 2.65. The van der Waals surface area contributed by atoms with E-state index in [1.54, 1.807) is 36.3 Å². The van der Waals surface area contributed by atoms with Crippen LogP contribution in [0.3, 0.4) is 0 Å². The Bertz CT molecular complexity index is 677. The van der Waals surface area contributed by atoms with Crippen molar-refractivity contribution >= 4 is 17.6 Å². The molecule has 0 radical (unpaired) electrons. The Morgan fingerprint density at radius 1 is 1.26 bits per heavy atom. The topological polar surface area (TPSA) is 154 Å². The van der Waals surface area contributed by atoms with Crippen LogP contribution in [0.4, 0.5) is 0 Å². The first-order chi connectivity index (χ1) is 12.6. The smallest absolute Gasteiger partial charge is 0.250 e. The van der Waals surface area contributed by atoms with Crippen molar-refractivity contribution in [3.63, 3.8) is 0 Å². The number of amides is 2. The maximum absolute atomic E-state index is 13.0. The molecule has 0 saturated carbocycles. The summed E-state index contributed by atoms with van der Waals surface area (Å²) < 4.78 is 0. The molecule has 0 bridgehead atoms. The lowest BCUT2D eigenvalue weighted by atomic mass is 9.90. The van der Waals surface area contributed by atoms with Crippen LogP contribution in [0.15, 0.2) is 29.4 Å².